The van der Waals surface area contributed by atoms with Crippen LogP contribution < -0.4 is 10.1 Å². The van der Waals surface area contributed by atoms with Gasteiger partial charge in [-0.05, 0) is 40.5 Å². The molecule has 1 aliphatic rings. The van der Waals surface area contributed by atoms with Gasteiger partial charge in [0, 0.05) is 24.0 Å². The number of methoxy groups -OCH3 is 1. The quantitative estimate of drug-likeness (QED) is 0.897. The number of ether oxygens (including phenoxy) is 1. The first-order chi connectivity index (χ1) is 8.52. The minimum Gasteiger partial charge on any atom is -0.493 e. The fraction of sp³-hybridized carbons (Fsp3) is 0.786. The van der Waals surface area contributed by atoms with Crippen LogP contribution in [0.3, 0.4) is 0 Å². The zero-order valence-electron chi connectivity index (χ0n) is 12.1. The lowest BCUT2D eigenvalue weighted by Gasteiger charge is -2.33. The highest BCUT2D eigenvalue weighted by Gasteiger charge is 2.30. The van der Waals surface area contributed by atoms with Crippen molar-refractivity contribution in [1.82, 2.24) is 15.1 Å². The number of hydrogen-bond donors (Lipinski definition) is 1. The van der Waals surface area contributed by atoms with E-state index < -0.39 is 0 Å². The molecule has 1 aromatic heterocycles. The highest BCUT2D eigenvalue weighted by molar-refractivity contribution is 5.30. The Morgan fingerprint density at radius 3 is 2.44 bits per heavy atom. The monoisotopic (exact) mass is 251 g/mol. The molecule has 102 valence electrons. The molecule has 1 saturated heterocycles. The molecule has 2 atom stereocenters. The molecule has 2 heterocycles. The molecule has 0 saturated carbocycles. The van der Waals surface area contributed by atoms with E-state index in [1.807, 2.05) is 6.20 Å². The van der Waals surface area contributed by atoms with Crippen LogP contribution in [0.25, 0.3) is 0 Å². The number of rotatable bonds is 3. The van der Waals surface area contributed by atoms with Gasteiger partial charge in [0.2, 0.25) is 0 Å². The van der Waals surface area contributed by atoms with Crippen LogP contribution in [0.2, 0.25) is 0 Å². The largest absolute Gasteiger partial charge is 0.493 e. The van der Waals surface area contributed by atoms with E-state index in [0.717, 1.165) is 18.6 Å². The summed E-state index contributed by atoms with van der Waals surface area (Å²) in [6.07, 6.45) is 4.16. The van der Waals surface area contributed by atoms with Crippen LogP contribution in [0, 0.1) is 0 Å². The van der Waals surface area contributed by atoms with Crippen molar-refractivity contribution >= 4 is 0 Å². The lowest BCUT2D eigenvalue weighted by molar-refractivity contribution is 0.295. The molecule has 0 spiro atoms. The molecule has 1 aliphatic heterocycles. The minimum atomic E-state index is 0.379. The molecule has 0 radical (unpaired) electrons. The van der Waals surface area contributed by atoms with Crippen LogP contribution in [0.15, 0.2) is 6.20 Å². The number of nitrogens with one attached hydrogen (secondary N) is 1. The molecule has 1 fully saturated rings. The molecule has 0 amide bonds. The van der Waals surface area contributed by atoms with Crippen LogP contribution in [0.4, 0.5) is 0 Å². The molecule has 4 nitrogen and oxygen atoms in total. The predicted molar refractivity (Wildman–Crippen MR) is 73.2 cm³/mol. The number of nitrogens with zero attached hydrogens (tertiary/aromatic N) is 2. The van der Waals surface area contributed by atoms with Crippen LogP contribution in [-0.4, -0.2) is 29.0 Å². The van der Waals surface area contributed by atoms with Gasteiger partial charge in [-0.1, -0.05) is 0 Å². The van der Waals surface area contributed by atoms with Gasteiger partial charge in [-0.15, -0.1) is 0 Å². The number of aromatic nitrogens is 2. The Bertz CT molecular complexity index is 390. The van der Waals surface area contributed by atoms with Gasteiger partial charge in [-0.2, -0.15) is 5.10 Å². The first-order valence-electron chi connectivity index (χ1n) is 6.90. The summed E-state index contributed by atoms with van der Waals surface area (Å²) in [6.45, 7) is 8.85. The summed E-state index contributed by atoms with van der Waals surface area (Å²) in [5.74, 6) is 1.48. The summed E-state index contributed by atoms with van der Waals surface area (Å²) in [5.41, 5.74) is 1.27. The maximum atomic E-state index is 5.50. The van der Waals surface area contributed by atoms with Gasteiger partial charge < -0.3 is 10.1 Å². The Morgan fingerprint density at radius 2 is 1.94 bits per heavy atom. The standard InChI is InChI=1S/C14H25N3O/c1-9(2)17-14(13(18-5)8-15-17)12-6-10(3)16-11(4)7-12/h8-12,16H,6-7H2,1-5H3. The molecule has 0 aromatic carbocycles. The average molecular weight is 251 g/mol. The summed E-state index contributed by atoms with van der Waals surface area (Å²) >= 11 is 0. The van der Waals surface area contributed by atoms with Gasteiger partial charge >= 0.3 is 0 Å². The molecule has 2 rings (SSSR count). The maximum Gasteiger partial charge on any atom is 0.160 e. The van der Waals surface area contributed by atoms with Crippen molar-refractivity contribution in [3.63, 3.8) is 0 Å². The van der Waals surface area contributed by atoms with Gasteiger partial charge in [0.05, 0.1) is 19.0 Å². The van der Waals surface area contributed by atoms with Crippen LogP contribution >= 0.6 is 0 Å². The normalized spacial score (nSPS) is 28.7. The smallest absolute Gasteiger partial charge is 0.160 e. The zero-order valence-corrected chi connectivity index (χ0v) is 12.1. The highest BCUT2D eigenvalue weighted by atomic mass is 16.5. The average Bonchev–Trinajstić information content (AvgIpc) is 2.71. The first kappa shape index (κ1) is 13.4. The summed E-state index contributed by atoms with van der Waals surface area (Å²) < 4.78 is 7.62. The van der Waals surface area contributed by atoms with Gasteiger partial charge in [0.1, 0.15) is 0 Å². The fourth-order valence-electron chi connectivity index (χ4n) is 3.11. The predicted octanol–water partition coefficient (Wildman–Crippen LogP) is 2.72. The second kappa shape index (κ2) is 5.31. The molecule has 1 N–H and O–H groups in total. The van der Waals surface area contributed by atoms with Crippen LogP contribution in [-0.2, 0) is 0 Å². The van der Waals surface area contributed by atoms with E-state index in [1.165, 1.54) is 5.69 Å². The van der Waals surface area contributed by atoms with Crippen LogP contribution in [0.1, 0.15) is 58.2 Å². The first-order valence-corrected chi connectivity index (χ1v) is 6.90. The summed E-state index contributed by atoms with van der Waals surface area (Å²) in [6, 6.07) is 1.49. The fourth-order valence-corrected chi connectivity index (χ4v) is 3.11. The van der Waals surface area contributed by atoms with Crippen molar-refractivity contribution in [1.29, 1.82) is 0 Å². The molecule has 18 heavy (non-hydrogen) atoms. The number of hydrogen-bond acceptors (Lipinski definition) is 3. The SMILES string of the molecule is COc1cnn(C(C)C)c1C1CC(C)NC(C)C1. The lowest BCUT2D eigenvalue weighted by atomic mass is 9.86. The summed E-state index contributed by atoms with van der Waals surface area (Å²) in [5, 5.41) is 8.07. The molecular weight excluding hydrogens is 226 g/mol. The van der Waals surface area contributed by atoms with Crippen molar-refractivity contribution in [2.45, 2.75) is 64.6 Å². The van der Waals surface area contributed by atoms with Gasteiger partial charge in [-0.3, -0.25) is 4.68 Å². The van der Waals surface area contributed by atoms with Crippen molar-refractivity contribution in [3.8, 4) is 5.75 Å². The molecule has 0 aliphatic carbocycles. The van der Waals surface area contributed by atoms with Crippen molar-refractivity contribution < 1.29 is 4.74 Å². The zero-order chi connectivity index (χ0) is 13.3. The topological polar surface area (TPSA) is 39.1 Å². The summed E-state index contributed by atoms with van der Waals surface area (Å²) in [4.78, 5) is 0. The van der Waals surface area contributed by atoms with E-state index in [4.69, 9.17) is 4.74 Å². The second-order valence-corrected chi connectivity index (χ2v) is 5.77. The number of piperidine rings is 1. The Morgan fingerprint density at radius 1 is 1.33 bits per heavy atom. The van der Waals surface area contributed by atoms with Crippen molar-refractivity contribution in [3.05, 3.63) is 11.9 Å². The third-order valence-electron chi connectivity index (χ3n) is 3.74. The minimum absolute atomic E-state index is 0.379. The molecule has 0 bridgehead atoms. The van der Waals surface area contributed by atoms with Gasteiger partial charge in [0.15, 0.2) is 5.75 Å². The van der Waals surface area contributed by atoms with Crippen molar-refractivity contribution in [2.24, 2.45) is 0 Å². The van der Waals surface area contributed by atoms with E-state index >= 15 is 0 Å². The second-order valence-electron chi connectivity index (χ2n) is 5.77. The third kappa shape index (κ3) is 2.53. The molecule has 2 unspecified atom stereocenters. The molecule has 4 heteroatoms. The third-order valence-corrected chi connectivity index (χ3v) is 3.74. The Hall–Kier alpha value is -1.03. The highest BCUT2D eigenvalue weighted by Crippen LogP contribution is 2.36. The van der Waals surface area contributed by atoms with E-state index in [0.29, 0.717) is 24.0 Å². The molecule has 1 aromatic rings. The molecular formula is C14H25N3O. The van der Waals surface area contributed by atoms with Gasteiger partial charge in [0.25, 0.3) is 0 Å². The summed E-state index contributed by atoms with van der Waals surface area (Å²) in [7, 11) is 1.74. The van der Waals surface area contributed by atoms with E-state index in [9.17, 15) is 0 Å². The maximum absolute atomic E-state index is 5.50. The Balaban J connectivity index is 2.33. The Kier molecular flexibility index (Phi) is 3.95. The van der Waals surface area contributed by atoms with Gasteiger partial charge in [-0.25, -0.2) is 0 Å². The Labute approximate surface area is 110 Å². The van der Waals surface area contributed by atoms with E-state index in [2.05, 4.69) is 42.8 Å². The lowest BCUT2D eigenvalue weighted by Crippen LogP contribution is -2.42. The van der Waals surface area contributed by atoms with E-state index in [-0.39, 0.29) is 0 Å². The van der Waals surface area contributed by atoms with E-state index in [1.54, 1.807) is 7.11 Å². The van der Waals surface area contributed by atoms with Crippen LogP contribution in [0.5, 0.6) is 5.75 Å². The van der Waals surface area contributed by atoms with Crippen molar-refractivity contribution in [2.75, 3.05) is 7.11 Å².